The first-order chi connectivity index (χ1) is 8.22. The van der Waals surface area contributed by atoms with Gasteiger partial charge in [-0.05, 0) is 30.7 Å². The first-order valence-corrected chi connectivity index (χ1v) is 6.55. The summed E-state index contributed by atoms with van der Waals surface area (Å²) in [6.45, 7) is 1.71. The highest BCUT2D eigenvalue weighted by Gasteiger charge is 2.32. The highest BCUT2D eigenvalue weighted by Crippen LogP contribution is 2.31. The van der Waals surface area contributed by atoms with Crippen molar-refractivity contribution in [3.8, 4) is 0 Å². The van der Waals surface area contributed by atoms with E-state index >= 15 is 0 Å². The van der Waals surface area contributed by atoms with Crippen LogP contribution in [0.4, 0.5) is 0 Å². The van der Waals surface area contributed by atoms with Crippen LogP contribution in [0.3, 0.4) is 0 Å². The topological polar surface area (TPSA) is 38.3 Å². The van der Waals surface area contributed by atoms with E-state index in [2.05, 4.69) is 33.4 Å². The monoisotopic (exact) mass is 297 g/mol. The molecule has 4 heteroatoms. The van der Waals surface area contributed by atoms with Crippen molar-refractivity contribution in [1.82, 2.24) is 5.32 Å². The number of nitrogens with one attached hydrogen (secondary N) is 1. The zero-order valence-corrected chi connectivity index (χ0v) is 11.4. The van der Waals surface area contributed by atoms with Gasteiger partial charge < -0.3 is 10.1 Å². The molecular formula is C13H16BrNO2. The average molecular weight is 298 g/mol. The van der Waals surface area contributed by atoms with E-state index in [1.54, 1.807) is 0 Å². The summed E-state index contributed by atoms with van der Waals surface area (Å²) in [5.41, 5.74) is 1.18. The number of methoxy groups -OCH3 is 1. The van der Waals surface area contributed by atoms with Gasteiger partial charge in [-0.1, -0.05) is 28.1 Å². The van der Waals surface area contributed by atoms with Gasteiger partial charge in [0.05, 0.1) is 13.0 Å². The summed E-state index contributed by atoms with van der Waals surface area (Å²) < 4.78 is 5.94. The zero-order valence-electron chi connectivity index (χ0n) is 9.78. The van der Waals surface area contributed by atoms with Gasteiger partial charge in [-0.2, -0.15) is 0 Å². The molecule has 1 N–H and O–H groups in total. The third-order valence-electron chi connectivity index (χ3n) is 3.26. The summed E-state index contributed by atoms with van der Waals surface area (Å²) in [6, 6.07) is 8.14. The molecule has 2 unspecified atom stereocenters. The van der Waals surface area contributed by atoms with Crippen molar-refractivity contribution < 1.29 is 9.53 Å². The number of hydrogen-bond acceptors (Lipinski definition) is 3. The van der Waals surface area contributed by atoms with Gasteiger partial charge >= 0.3 is 5.97 Å². The second-order valence-corrected chi connectivity index (χ2v) is 5.20. The number of rotatable bonds is 2. The van der Waals surface area contributed by atoms with E-state index in [0.717, 1.165) is 24.0 Å². The number of halogens is 1. The van der Waals surface area contributed by atoms with Crippen molar-refractivity contribution in [3.63, 3.8) is 0 Å². The number of carbonyl (C=O) groups is 1. The van der Waals surface area contributed by atoms with Crippen LogP contribution in [-0.4, -0.2) is 26.2 Å². The van der Waals surface area contributed by atoms with Crippen molar-refractivity contribution in [2.24, 2.45) is 5.92 Å². The molecule has 1 aliphatic rings. The first kappa shape index (κ1) is 12.6. The fourth-order valence-corrected chi connectivity index (χ4v) is 2.80. The molecule has 0 aromatic heterocycles. The summed E-state index contributed by atoms with van der Waals surface area (Å²) in [5, 5.41) is 3.34. The fraction of sp³-hybridized carbons (Fsp3) is 0.462. The van der Waals surface area contributed by atoms with E-state index < -0.39 is 0 Å². The molecule has 1 saturated heterocycles. The summed E-state index contributed by atoms with van der Waals surface area (Å²) in [6.07, 6.45) is 0.837. The molecule has 0 amide bonds. The summed E-state index contributed by atoms with van der Waals surface area (Å²) in [4.78, 5) is 11.8. The van der Waals surface area contributed by atoms with Crippen LogP contribution in [-0.2, 0) is 9.53 Å². The van der Waals surface area contributed by atoms with Crippen molar-refractivity contribution in [2.45, 2.75) is 12.3 Å². The molecule has 0 radical (unpaired) electrons. The van der Waals surface area contributed by atoms with Crippen LogP contribution in [0.2, 0.25) is 0 Å². The third-order valence-corrected chi connectivity index (χ3v) is 3.76. The maximum atomic E-state index is 11.8. The Morgan fingerprint density at radius 2 is 2.35 bits per heavy atom. The van der Waals surface area contributed by atoms with Gasteiger partial charge in [0.2, 0.25) is 0 Å². The van der Waals surface area contributed by atoms with Crippen molar-refractivity contribution in [1.29, 1.82) is 0 Å². The lowest BCUT2D eigenvalue weighted by atomic mass is 9.81. The number of benzene rings is 1. The summed E-state index contributed by atoms with van der Waals surface area (Å²) in [7, 11) is 1.46. The Hall–Kier alpha value is -0.870. The van der Waals surface area contributed by atoms with Crippen LogP contribution in [0.5, 0.6) is 0 Å². The molecule has 2 atom stereocenters. The van der Waals surface area contributed by atoms with Gasteiger partial charge in [-0.25, -0.2) is 0 Å². The quantitative estimate of drug-likeness (QED) is 0.852. The zero-order chi connectivity index (χ0) is 12.3. The molecule has 1 aromatic carbocycles. The number of hydrogen-bond donors (Lipinski definition) is 1. The van der Waals surface area contributed by atoms with Crippen LogP contribution in [0.15, 0.2) is 28.7 Å². The molecule has 0 aliphatic carbocycles. The Kier molecular flexibility index (Phi) is 4.18. The molecular weight excluding hydrogens is 282 g/mol. The number of ether oxygens (including phenoxy) is 1. The van der Waals surface area contributed by atoms with Gasteiger partial charge in [0.25, 0.3) is 0 Å². The summed E-state index contributed by atoms with van der Waals surface area (Å²) in [5.74, 6) is 0.0701. The van der Waals surface area contributed by atoms with Crippen LogP contribution < -0.4 is 5.32 Å². The van der Waals surface area contributed by atoms with Crippen molar-refractivity contribution in [2.75, 3.05) is 20.2 Å². The molecule has 3 nitrogen and oxygen atoms in total. The van der Waals surface area contributed by atoms with Crippen LogP contribution in [0.1, 0.15) is 17.9 Å². The van der Waals surface area contributed by atoms with E-state index in [9.17, 15) is 4.79 Å². The molecule has 92 valence electrons. The summed E-state index contributed by atoms with van der Waals surface area (Å²) >= 11 is 3.47. The van der Waals surface area contributed by atoms with E-state index in [4.69, 9.17) is 4.74 Å². The molecule has 17 heavy (non-hydrogen) atoms. The predicted molar refractivity (Wildman–Crippen MR) is 69.9 cm³/mol. The van der Waals surface area contributed by atoms with Gasteiger partial charge in [-0.3, -0.25) is 4.79 Å². The number of carbonyl (C=O) groups excluding carboxylic acids is 1. The molecule has 0 spiro atoms. The second-order valence-electron chi connectivity index (χ2n) is 4.28. The van der Waals surface area contributed by atoms with Crippen LogP contribution >= 0.6 is 15.9 Å². The van der Waals surface area contributed by atoms with Gasteiger partial charge in [0, 0.05) is 16.9 Å². The molecule has 2 rings (SSSR count). The van der Waals surface area contributed by atoms with E-state index in [-0.39, 0.29) is 17.8 Å². The highest BCUT2D eigenvalue weighted by atomic mass is 79.9. The Morgan fingerprint density at radius 3 is 3.06 bits per heavy atom. The van der Waals surface area contributed by atoms with Crippen LogP contribution in [0, 0.1) is 5.92 Å². The Labute approximate surface area is 110 Å². The lowest BCUT2D eigenvalue weighted by Gasteiger charge is -2.30. The van der Waals surface area contributed by atoms with Crippen molar-refractivity contribution >= 4 is 21.9 Å². The minimum Gasteiger partial charge on any atom is -0.469 e. The molecule has 0 bridgehead atoms. The molecule has 0 saturated carbocycles. The van der Waals surface area contributed by atoms with Crippen LogP contribution in [0.25, 0.3) is 0 Å². The smallest absolute Gasteiger partial charge is 0.309 e. The first-order valence-electron chi connectivity index (χ1n) is 5.76. The minimum atomic E-state index is -0.100. The number of esters is 1. The minimum absolute atomic E-state index is 0.0319. The molecule has 1 aliphatic heterocycles. The standard InChI is InChI=1S/C13H16BrNO2/c1-17-13(16)11-5-6-15-8-12(11)9-3-2-4-10(14)7-9/h2-4,7,11-12,15H,5-6,8H2,1H3. The van der Waals surface area contributed by atoms with E-state index in [1.807, 2.05) is 12.1 Å². The van der Waals surface area contributed by atoms with Crippen molar-refractivity contribution in [3.05, 3.63) is 34.3 Å². The van der Waals surface area contributed by atoms with Gasteiger partial charge in [0.1, 0.15) is 0 Å². The SMILES string of the molecule is COC(=O)C1CCNCC1c1cccc(Br)c1. The molecule has 1 heterocycles. The predicted octanol–water partition coefficient (Wildman–Crippen LogP) is 2.32. The molecule has 1 fully saturated rings. The maximum Gasteiger partial charge on any atom is 0.309 e. The molecule has 1 aromatic rings. The average Bonchev–Trinajstić information content (AvgIpc) is 2.38. The highest BCUT2D eigenvalue weighted by molar-refractivity contribution is 9.10. The number of piperidine rings is 1. The third kappa shape index (κ3) is 2.87. The largest absolute Gasteiger partial charge is 0.469 e. The maximum absolute atomic E-state index is 11.8. The fourth-order valence-electron chi connectivity index (χ4n) is 2.38. The Balaban J connectivity index is 2.24. The Bertz CT molecular complexity index is 408. The Morgan fingerprint density at radius 1 is 1.53 bits per heavy atom. The lowest BCUT2D eigenvalue weighted by Crippen LogP contribution is -2.39. The lowest BCUT2D eigenvalue weighted by molar-refractivity contribution is -0.147. The van der Waals surface area contributed by atoms with Gasteiger partial charge in [-0.15, -0.1) is 0 Å². The normalized spacial score (nSPS) is 24.4. The van der Waals surface area contributed by atoms with Gasteiger partial charge in [0.15, 0.2) is 0 Å². The van der Waals surface area contributed by atoms with E-state index in [1.165, 1.54) is 12.7 Å². The second kappa shape index (κ2) is 5.65. The van der Waals surface area contributed by atoms with E-state index in [0.29, 0.717) is 0 Å².